The molecule has 0 unspecified atom stereocenters. The van der Waals surface area contributed by atoms with Gasteiger partial charge in [0.2, 0.25) is 0 Å². The lowest BCUT2D eigenvalue weighted by atomic mass is 10.2. The van der Waals surface area contributed by atoms with Gasteiger partial charge in [-0.25, -0.2) is 4.68 Å². The van der Waals surface area contributed by atoms with Crippen molar-refractivity contribution in [3.63, 3.8) is 0 Å². The molecule has 1 aromatic carbocycles. The predicted octanol–water partition coefficient (Wildman–Crippen LogP) is 4.54. The van der Waals surface area contributed by atoms with Crippen molar-refractivity contribution < 1.29 is 0 Å². The molecule has 0 fully saturated rings. The number of hydrogen-bond acceptors (Lipinski definition) is 3. The van der Waals surface area contributed by atoms with Gasteiger partial charge in [-0.3, -0.25) is 4.90 Å². The molecule has 0 N–H and O–H groups in total. The molecule has 0 bridgehead atoms. The standard InChI is InChI=1S/C16H20Cl2N4S/c1-20(10-12-6-7-13(17)14(18)9-12)11-22-16(23)21-8-4-2-3-5-15(21)19-22/h6-7,9H,2-5,8,10-11H2,1H3. The van der Waals surface area contributed by atoms with E-state index in [0.29, 0.717) is 16.7 Å². The molecular weight excluding hydrogens is 351 g/mol. The Hall–Kier alpha value is -0.880. The van der Waals surface area contributed by atoms with E-state index in [1.807, 2.05) is 22.9 Å². The molecule has 1 aromatic heterocycles. The van der Waals surface area contributed by atoms with Crippen molar-refractivity contribution in [1.82, 2.24) is 19.2 Å². The third kappa shape index (κ3) is 3.97. The van der Waals surface area contributed by atoms with E-state index in [-0.39, 0.29) is 0 Å². The SMILES string of the molecule is CN(Cc1ccc(Cl)c(Cl)c1)Cn1nc2n(c1=S)CCCCC2. The average molecular weight is 371 g/mol. The van der Waals surface area contributed by atoms with Crippen LogP contribution >= 0.6 is 35.4 Å². The highest BCUT2D eigenvalue weighted by molar-refractivity contribution is 7.71. The maximum Gasteiger partial charge on any atom is 0.199 e. The Bertz CT molecular complexity index is 753. The van der Waals surface area contributed by atoms with Crippen molar-refractivity contribution in [2.24, 2.45) is 0 Å². The fourth-order valence-electron chi connectivity index (χ4n) is 2.95. The summed E-state index contributed by atoms with van der Waals surface area (Å²) in [4.78, 5) is 2.17. The largest absolute Gasteiger partial charge is 0.304 e. The molecule has 124 valence electrons. The van der Waals surface area contributed by atoms with Crippen LogP contribution in [-0.4, -0.2) is 26.3 Å². The first-order valence-electron chi connectivity index (χ1n) is 7.83. The molecule has 0 saturated heterocycles. The normalized spacial score (nSPS) is 14.8. The van der Waals surface area contributed by atoms with Gasteiger partial charge >= 0.3 is 0 Å². The molecule has 3 rings (SSSR count). The van der Waals surface area contributed by atoms with Gasteiger partial charge in [0.15, 0.2) is 4.77 Å². The number of hydrogen-bond donors (Lipinski definition) is 0. The van der Waals surface area contributed by atoms with Crippen LogP contribution in [0.4, 0.5) is 0 Å². The molecule has 2 heterocycles. The van der Waals surface area contributed by atoms with Gasteiger partial charge in [-0.05, 0) is 49.8 Å². The average Bonchev–Trinajstić information content (AvgIpc) is 2.68. The van der Waals surface area contributed by atoms with Crippen molar-refractivity contribution in [2.75, 3.05) is 7.05 Å². The fourth-order valence-corrected chi connectivity index (χ4v) is 3.56. The van der Waals surface area contributed by atoms with E-state index in [2.05, 4.69) is 16.5 Å². The molecule has 7 heteroatoms. The smallest absolute Gasteiger partial charge is 0.199 e. The first kappa shape index (κ1) is 17.0. The maximum atomic E-state index is 6.08. The van der Waals surface area contributed by atoms with Crippen LogP contribution in [-0.2, 0) is 26.2 Å². The summed E-state index contributed by atoms with van der Waals surface area (Å²) in [5.74, 6) is 1.12. The van der Waals surface area contributed by atoms with E-state index in [4.69, 9.17) is 40.5 Å². The molecule has 1 aliphatic heterocycles. The van der Waals surface area contributed by atoms with Crippen molar-refractivity contribution in [3.05, 3.63) is 44.4 Å². The molecule has 1 aliphatic rings. The second kappa shape index (κ2) is 7.34. The highest BCUT2D eigenvalue weighted by atomic mass is 35.5. The molecule has 0 spiro atoms. The Kier molecular flexibility index (Phi) is 5.42. The minimum absolute atomic E-state index is 0.582. The predicted molar refractivity (Wildman–Crippen MR) is 96.5 cm³/mol. The van der Waals surface area contributed by atoms with Gasteiger partial charge in [-0.15, -0.1) is 0 Å². The number of benzene rings is 1. The van der Waals surface area contributed by atoms with Crippen LogP contribution in [0.1, 0.15) is 30.7 Å². The van der Waals surface area contributed by atoms with E-state index < -0.39 is 0 Å². The fraction of sp³-hybridized carbons (Fsp3) is 0.500. The summed E-state index contributed by atoms with van der Waals surface area (Å²) in [6.07, 6.45) is 4.67. The Morgan fingerprint density at radius 1 is 1.22 bits per heavy atom. The lowest BCUT2D eigenvalue weighted by Gasteiger charge is -2.17. The summed E-state index contributed by atoms with van der Waals surface area (Å²) >= 11 is 17.6. The van der Waals surface area contributed by atoms with Crippen molar-refractivity contribution in [2.45, 2.75) is 45.4 Å². The van der Waals surface area contributed by atoms with Crippen LogP contribution in [0, 0.1) is 4.77 Å². The van der Waals surface area contributed by atoms with Gasteiger partial charge < -0.3 is 4.57 Å². The first-order chi connectivity index (χ1) is 11.0. The quantitative estimate of drug-likeness (QED) is 0.739. The number of rotatable bonds is 4. The summed E-state index contributed by atoms with van der Waals surface area (Å²) in [6.45, 7) is 2.42. The second-order valence-electron chi connectivity index (χ2n) is 6.06. The summed E-state index contributed by atoms with van der Waals surface area (Å²) in [6, 6.07) is 5.73. The molecule has 0 amide bonds. The highest BCUT2D eigenvalue weighted by Crippen LogP contribution is 2.23. The summed E-state index contributed by atoms with van der Waals surface area (Å²) < 4.78 is 4.94. The summed E-state index contributed by atoms with van der Waals surface area (Å²) in [5.41, 5.74) is 1.12. The van der Waals surface area contributed by atoms with Crippen LogP contribution in [0.5, 0.6) is 0 Å². The minimum atomic E-state index is 0.582. The molecule has 0 atom stereocenters. The minimum Gasteiger partial charge on any atom is -0.304 e. The zero-order valence-corrected chi connectivity index (χ0v) is 15.5. The number of aryl methyl sites for hydroxylation is 1. The van der Waals surface area contributed by atoms with Crippen LogP contribution in [0.15, 0.2) is 18.2 Å². The van der Waals surface area contributed by atoms with E-state index >= 15 is 0 Å². The van der Waals surface area contributed by atoms with E-state index in [1.54, 1.807) is 0 Å². The monoisotopic (exact) mass is 370 g/mol. The Balaban J connectivity index is 1.71. The Morgan fingerprint density at radius 2 is 2.04 bits per heavy atom. The van der Waals surface area contributed by atoms with E-state index in [0.717, 1.165) is 35.7 Å². The third-order valence-corrected chi connectivity index (χ3v) is 5.26. The number of halogens is 2. The molecule has 0 saturated carbocycles. The zero-order chi connectivity index (χ0) is 16.4. The molecule has 0 aliphatic carbocycles. The Labute approximate surface area is 151 Å². The van der Waals surface area contributed by atoms with E-state index in [9.17, 15) is 0 Å². The molecule has 2 aromatic rings. The van der Waals surface area contributed by atoms with Gasteiger partial charge in [0, 0.05) is 19.5 Å². The van der Waals surface area contributed by atoms with Gasteiger partial charge in [-0.2, -0.15) is 5.10 Å². The van der Waals surface area contributed by atoms with Crippen molar-refractivity contribution >= 4 is 35.4 Å². The molecule has 4 nitrogen and oxygen atoms in total. The van der Waals surface area contributed by atoms with Gasteiger partial charge in [0.25, 0.3) is 0 Å². The zero-order valence-electron chi connectivity index (χ0n) is 13.1. The van der Waals surface area contributed by atoms with Crippen LogP contribution in [0.3, 0.4) is 0 Å². The molecule has 23 heavy (non-hydrogen) atoms. The summed E-state index contributed by atoms with van der Waals surface area (Å²) in [5, 5.41) is 5.88. The Morgan fingerprint density at radius 3 is 2.83 bits per heavy atom. The summed E-state index contributed by atoms with van der Waals surface area (Å²) in [7, 11) is 2.05. The topological polar surface area (TPSA) is 26.0 Å². The number of nitrogens with zero attached hydrogens (tertiary/aromatic N) is 4. The van der Waals surface area contributed by atoms with Crippen molar-refractivity contribution in [3.8, 4) is 0 Å². The first-order valence-corrected chi connectivity index (χ1v) is 9.00. The van der Waals surface area contributed by atoms with Gasteiger partial charge in [-0.1, -0.05) is 35.7 Å². The number of aromatic nitrogens is 3. The highest BCUT2D eigenvalue weighted by Gasteiger charge is 2.14. The van der Waals surface area contributed by atoms with Crippen LogP contribution < -0.4 is 0 Å². The lowest BCUT2D eigenvalue weighted by Crippen LogP contribution is -2.22. The second-order valence-corrected chi connectivity index (χ2v) is 7.24. The van der Waals surface area contributed by atoms with Crippen LogP contribution in [0.2, 0.25) is 10.0 Å². The number of fused-ring (bicyclic) bond motifs is 1. The van der Waals surface area contributed by atoms with Crippen molar-refractivity contribution in [1.29, 1.82) is 0 Å². The third-order valence-electron chi connectivity index (χ3n) is 4.09. The van der Waals surface area contributed by atoms with Crippen LogP contribution in [0.25, 0.3) is 0 Å². The van der Waals surface area contributed by atoms with Gasteiger partial charge in [0.1, 0.15) is 5.82 Å². The molecule has 0 radical (unpaired) electrons. The maximum absolute atomic E-state index is 6.08. The lowest BCUT2D eigenvalue weighted by molar-refractivity contribution is 0.243. The van der Waals surface area contributed by atoms with E-state index in [1.165, 1.54) is 19.3 Å². The molecular formula is C16H20Cl2N4S. The van der Waals surface area contributed by atoms with Gasteiger partial charge in [0.05, 0.1) is 16.7 Å².